The van der Waals surface area contributed by atoms with Gasteiger partial charge >= 0.3 is 0 Å². The molecule has 0 aliphatic rings. The monoisotopic (exact) mass is 348 g/mol. The van der Waals surface area contributed by atoms with E-state index in [9.17, 15) is 0 Å². The fourth-order valence-electron chi connectivity index (χ4n) is 3.13. The van der Waals surface area contributed by atoms with Gasteiger partial charge in [0.2, 0.25) is 0 Å². The summed E-state index contributed by atoms with van der Waals surface area (Å²) in [5.41, 5.74) is 11.1. The molecule has 0 saturated carbocycles. The molecule has 0 heterocycles. The van der Waals surface area contributed by atoms with E-state index >= 15 is 0 Å². The normalized spacial score (nSPS) is 11.2. The maximum atomic E-state index is 5.71. The molecule has 0 saturated heterocycles. The van der Waals surface area contributed by atoms with Crippen molar-refractivity contribution in [1.29, 1.82) is 0 Å². The molecule has 0 aliphatic carbocycles. The summed E-state index contributed by atoms with van der Waals surface area (Å²) in [5.74, 6) is 0.991. The van der Waals surface area contributed by atoms with Crippen LogP contribution in [0.5, 0.6) is 5.75 Å². The Kier molecular flexibility index (Phi) is 14.4. The lowest BCUT2D eigenvalue weighted by Crippen LogP contribution is -2.29. The largest absolute Gasteiger partial charge is 0.494 e. The number of rotatable bonds is 17. The van der Waals surface area contributed by atoms with E-state index in [0.29, 0.717) is 0 Å². The summed E-state index contributed by atoms with van der Waals surface area (Å²) in [5, 5.41) is 0. The molecule has 0 fully saturated rings. The van der Waals surface area contributed by atoms with Gasteiger partial charge in [-0.05, 0) is 25.0 Å². The lowest BCUT2D eigenvalue weighted by atomic mass is 10.0. The number of benzene rings is 1. The van der Waals surface area contributed by atoms with Crippen LogP contribution in [0.3, 0.4) is 0 Å². The quantitative estimate of drug-likeness (QED) is 0.277. The Morgan fingerprint density at radius 1 is 0.600 bits per heavy atom. The zero-order valence-corrected chi connectivity index (χ0v) is 16.1. The van der Waals surface area contributed by atoms with Crippen molar-refractivity contribution in [2.75, 3.05) is 6.61 Å². The molecule has 3 nitrogen and oxygen atoms in total. The second-order valence-corrected chi connectivity index (χ2v) is 7.21. The Labute approximate surface area is 155 Å². The van der Waals surface area contributed by atoms with Gasteiger partial charge in [0.25, 0.3) is 0 Å². The van der Waals surface area contributed by atoms with Gasteiger partial charge in [-0.3, -0.25) is 0 Å². The summed E-state index contributed by atoms with van der Waals surface area (Å²) < 4.78 is 5.71. The lowest BCUT2D eigenvalue weighted by molar-refractivity contribution is 0.304. The first kappa shape index (κ1) is 22.0. The number of hydrogen-bond acceptors (Lipinski definition) is 3. The van der Waals surface area contributed by atoms with E-state index in [4.69, 9.17) is 16.2 Å². The molecule has 144 valence electrons. The molecule has 25 heavy (non-hydrogen) atoms. The van der Waals surface area contributed by atoms with Crippen molar-refractivity contribution < 1.29 is 4.74 Å². The molecule has 0 amide bonds. The van der Waals surface area contributed by atoms with Gasteiger partial charge in [0, 0.05) is 0 Å². The van der Waals surface area contributed by atoms with Crippen LogP contribution in [0.1, 0.15) is 89.9 Å². The van der Waals surface area contributed by atoms with Gasteiger partial charge in [0.15, 0.2) is 0 Å². The van der Waals surface area contributed by atoms with Crippen LogP contribution in [0.25, 0.3) is 0 Å². The van der Waals surface area contributed by atoms with E-state index in [0.717, 1.165) is 18.8 Å². The Morgan fingerprint density at radius 3 is 1.52 bits per heavy atom. The van der Waals surface area contributed by atoms with E-state index in [1.165, 1.54) is 83.5 Å². The molecule has 0 bridgehead atoms. The third-order valence-corrected chi connectivity index (χ3v) is 4.69. The standard InChI is InChI=1S/C22H40N2O/c23-22(24)19-15-10-8-6-4-2-1-3-5-7-9-11-16-20-25-21-17-13-12-14-18-21/h12-14,17-18,22H,1-11,15-16,19-20,23-24H2. The zero-order valence-electron chi connectivity index (χ0n) is 16.1. The third kappa shape index (κ3) is 14.9. The van der Waals surface area contributed by atoms with Gasteiger partial charge in [0.1, 0.15) is 5.75 Å². The number of nitrogens with two attached hydrogens (primary N) is 2. The number of para-hydroxylation sites is 1. The van der Waals surface area contributed by atoms with Crippen LogP contribution in [-0.2, 0) is 0 Å². The van der Waals surface area contributed by atoms with Gasteiger partial charge in [0.05, 0.1) is 12.8 Å². The minimum absolute atomic E-state index is 0.114. The summed E-state index contributed by atoms with van der Waals surface area (Å²) in [4.78, 5) is 0. The number of ether oxygens (including phenoxy) is 1. The van der Waals surface area contributed by atoms with Crippen LogP contribution in [0, 0.1) is 0 Å². The zero-order chi connectivity index (χ0) is 18.0. The van der Waals surface area contributed by atoms with Crippen molar-refractivity contribution in [3.05, 3.63) is 30.3 Å². The summed E-state index contributed by atoms with van der Waals surface area (Å²) in [6, 6.07) is 10.1. The van der Waals surface area contributed by atoms with E-state index < -0.39 is 0 Å². The third-order valence-electron chi connectivity index (χ3n) is 4.69. The minimum atomic E-state index is -0.114. The molecule has 0 radical (unpaired) electrons. The van der Waals surface area contributed by atoms with Gasteiger partial charge in [-0.25, -0.2) is 0 Å². The van der Waals surface area contributed by atoms with Crippen molar-refractivity contribution in [3.8, 4) is 5.75 Å². The second kappa shape index (κ2) is 16.4. The van der Waals surface area contributed by atoms with Gasteiger partial charge in [-0.15, -0.1) is 0 Å². The molecule has 1 aromatic carbocycles. The highest BCUT2D eigenvalue weighted by atomic mass is 16.5. The van der Waals surface area contributed by atoms with Crippen LogP contribution in [0.15, 0.2) is 30.3 Å². The first-order chi connectivity index (χ1) is 12.3. The lowest BCUT2D eigenvalue weighted by Gasteiger charge is -2.06. The van der Waals surface area contributed by atoms with Crippen molar-refractivity contribution in [2.45, 2.75) is 96.1 Å². The smallest absolute Gasteiger partial charge is 0.119 e. The first-order valence-electron chi connectivity index (χ1n) is 10.5. The molecule has 0 unspecified atom stereocenters. The van der Waals surface area contributed by atoms with Crippen molar-refractivity contribution in [1.82, 2.24) is 0 Å². The van der Waals surface area contributed by atoms with Gasteiger partial charge < -0.3 is 16.2 Å². The fraction of sp³-hybridized carbons (Fsp3) is 0.727. The van der Waals surface area contributed by atoms with Crippen molar-refractivity contribution >= 4 is 0 Å². The SMILES string of the molecule is NC(N)CCCCCCCCCCCCCCCOc1ccccc1. The Morgan fingerprint density at radius 2 is 1.04 bits per heavy atom. The molecular weight excluding hydrogens is 308 g/mol. The van der Waals surface area contributed by atoms with Crippen LogP contribution in [0.4, 0.5) is 0 Å². The molecule has 1 rings (SSSR count). The molecule has 0 aromatic heterocycles. The molecule has 1 aromatic rings. The predicted octanol–water partition coefficient (Wildman–Crippen LogP) is 5.77. The Hall–Kier alpha value is -1.06. The maximum absolute atomic E-state index is 5.71. The van der Waals surface area contributed by atoms with E-state index in [2.05, 4.69) is 0 Å². The average Bonchev–Trinajstić information content (AvgIpc) is 2.62. The number of hydrogen-bond donors (Lipinski definition) is 2. The highest BCUT2D eigenvalue weighted by Crippen LogP contribution is 2.13. The average molecular weight is 349 g/mol. The topological polar surface area (TPSA) is 61.3 Å². The molecule has 0 aliphatic heterocycles. The van der Waals surface area contributed by atoms with Crippen LogP contribution < -0.4 is 16.2 Å². The Balaban J connectivity index is 1.71. The molecule has 4 N–H and O–H groups in total. The molecule has 0 spiro atoms. The van der Waals surface area contributed by atoms with Crippen molar-refractivity contribution in [3.63, 3.8) is 0 Å². The van der Waals surface area contributed by atoms with E-state index in [1.807, 2.05) is 30.3 Å². The van der Waals surface area contributed by atoms with Crippen LogP contribution >= 0.6 is 0 Å². The molecular formula is C22H40N2O. The summed E-state index contributed by atoms with van der Waals surface area (Å²) in [7, 11) is 0. The van der Waals surface area contributed by atoms with E-state index in [-0.39, 0.29) is 6.17 Å². The predicted molar refractivity (Wildman–Crippen MR) is 109 cm³/mol. The summed E-state index contributed by atoms with van der Waals surface area (Å²) >= 11 is 0. The number of unbranched alkanes of at least 4 members (excludes halogenated alkanes) is 12. The van der Waals surface area contributed by atoms with Crippen LogP contribution in [0.2, 0.25) is 0 Å². The minimum Gasteiger partial charge on any atom is -0.494 e. The van der Waals surface area contributed by atoms with Gasteiger partial charge in [-0.2, -0.15) is 0 Å². The van der Waals surface area contributed by atoms with Crippen molar-refractivity contribution in [2.24, 2.45) is 11.5 Å². The second-order valence-electron chi connectivity index (χ2n) is 7.21. The van der Waals surface area contributed by atoms with Gasteiger partial charge in [-0.1, -0.05) is 95.2 Å². The molecule has 3 heteroatoms. The van der Waals surface area contributed by atoms with E-state index in [1.54, 1.807) is 0 Å². The summed E-state index contributed by atoms with van der Waals surface area (Å²) in [6.07, 6.45) is 18.3. The van der Waals surface area contributed by atoms with Crippen LogP contribution in [-0.4, -0.2) is 12.8 Å². The maximum Gasteiger partial charge on any atom is 0.119 e. The summed E-state index contributed by atoms with van der Waals surface area (Å²) in [6.45, 7) is 0.848. The fourth-order valence-corrected chi connectivity index (χ4v) is 3.13. The highest BCUT2D eigenvalue weighted by molar-refractivity contribution is 5.20. The Bertz CT molecular complexity index is 381. The first-order valence-corrected chi connectivity index (χ1v) is 10.5. The molecule has 0 atom stereocenters. The highest BCUT2D eigenvalue weighted by Gasteiger charge is 1.96.